The Morgan fingerprint density at radius 2 is 1.62 bits per heavy atom. The normalized spacial score (nSPS) is 37.7. The van der Waals surface area contributed by atoms with Gasteiger partial charge in [-0.2, -0.15) is 0 Å². The first-order valence-electron chi connectivity index (χ1n) is 15.1. The van der Waals surface area contributed by atoms with Gasteiger partial charge in [0.15, 0.2) is 23.5 Å². The molecule has 11 heteroatoms. The molecule has 3 aliphatic carbocycles. The summed E-state index contributed by atoms with van der Waals surface area (Å²) in [6.45, 7) is 4.19. The fourth-order valence-electron chi connectivity index (χ4n) is 8.04. The van der Waals surface area contributed by atoms with E-state index in [9.17, 15) is 23.6 Å². The molecule has 1 aromatic rings. The van der Waals surface area contributed by atoms with Crippen LogP contribution in [0.25, 0.3) is 0 Å². The number of hydrogen-bond donors (Lipinski definition) is 1. The third-order valence-corrected chi connectivity index (χ3v) is 10.1. The van der Waals surface area contributed by atoms with Crippen LogP contribution in [-0.4, -0.2) is 109 Å². The van der Waals surface area contributed by atoms with Crippen LogP contribution in [-0.2, 0) is 19.1 Å². The van der Waals surface area contributed by atoms with Crippen LogP contribution in [0.4, 0.5) is 8.78 Å². The van der Waals surface area contributed by atoms with Gasteiger partial charge in [0.1, 0.15) is 12.3 Å². The van der Waals surface area contributed by atoms with Gasteiger partial charge in [-0.05, 0) is 32.2 Å². The number of rotatable bonds is 5. The summed E-state index contributed by atoms with van der Waals surface area (Å²) in [5, 5.41) is 2.84. The Morgan fingerprint density at radius 1 is 0.929 bits per heavy atom. The van der Waals surface area contributed by atoms with Crippen molar-refractivity contribution in [3.63, 3.8) is 0 Å². The number of ketones is 3. The number of morpholine rings is 2. The second-order valence-electron chi connectivity index (χ2n) is 12.4. The monoisotopic (exact) mass is 583 g/mol. The average Bonchev–Trinajstić information content (AvgIpc) is 3.01. The second-order valence-corrected chi connectivity index (χ2v) is 12.4. The summed E-state index contributed by atoms with van der Waals surface area (Å²) >= 11 is 0. The zero-order valence-corrected chi connectivity index (χ0v) is 23.3. The van der Waals surface area contributed by atoms with Gasteiger partial charge in [0.25, 0.3) is 5.91 Å². The molecule has 9 nitrogen and oxygen atoms in total. The van der Waals surface area contributed by atoms with E-state index >= 15 is 4.39 Å². The van der Waals surface area contributed by atoms with E-state index < -0.39 is 66.1 Å². The lowest BCUT2D eigenvalue weighted by atomic mass is 9.63. The third-order valence-electron chi connectivity index (χ3n) is 10.1. The van der Waals surface area contributed by atoms with Crippen LogP contribution in [0, 0.1) is 17.8 Å². The van der Waals surface area contributed by atoms with Crippen LogP contribution in [0.2, 0.25) is 0 Å². The summed E-state index contributed by atoms with van der Waals surface area (Å²) in [6, 6.07) is 5.53. The van der Waals surface area contributed by atoms with Gasteiger partial charge >= 0.3 is 0 Å². The van der Waals surface area contributed by atoms with Crippen LogP contribution in [0.5, 0.6) is 0 Å². The minimum atomic E-state index is -1.94. The van der Waals surface area contributed by atoms with E-state index in [-0.39, 0.29) is 36.4 Å². The fourth-order valence-corrected chi connectivity index (χ4v) is 8.04. The van der Waals surface area contributed by atoms with Crippen molar-refractivity contribution in [1.82, 2.24) is 15.1 Å². The molecule has 9 atom stereocenters. The summed E-state index contributed by atoms with van der Waals surface area (Å²) in [5.74, 6) is -3.44. The lowest BCUT2D eigenvalue weighted by Gasteiger charge is -2.59. The van der Waals surface area contributed by atoms with Crippen molar-refractivity contribution in [2.24, 2.45) is 17.8 Å². The maximum Gasteiger partial charge on any atom is 0.256 e. The molecule has 3 aliphatic heterocycles. The molecule has 1 amide bonds. The quantitative estimate of drug-likeness (QED) is 0.414. The summed E-state index contributed by atoms with van der Waals surface area (Å²) in [4.78, 5) is 57.9. The molecule has 42 heavy (non-hydrogen) atoms. The van der Waals surface area contributed by atoms with Gasteiger partial charge in [-0.1, -0.05) is 24.3 Å². The molecule has 0 bridgehead atoms. The third kappa shape index (κ3) is 4.51. The van der Waals surface area contributed by atoms with E-state index in [0.29, 0.717) is 37.3 Å². The average molecular weight is 584 g/mol. The number of carbonyl (C=O) groups excluding carboxylic acids is 4. The van der Waals surface area contributed by atoms with Crippen LogP contribution < -0.4 is 5.32 Å². The van der Waals surface area contributed by atoms with E-state index in [1.54, 1.807) is 29.2 Å². The number of nitrogens with one attached hydrogen (secondary N) is 1. The summed E-state index contributed by atoms with van der Waals surface area (Å²) in [5.41, 5.74) is 0.708. The highest BCUT2D eigenvalue weighted by atomic mass is 19.2. The maximum absolute atomic E-state index is 15.3. The van der Waals surface area contributed by atoms with E-state index in [2.05, 4.69) is 10.2 Å². The number of Topliss-reactive ketones (excluding diaryl/α,β-unsaturated/α-hetero) is 3. The van der Waals surface area contributed by atoms with Crippen molar-refractivity contribution in [3.8, 4) is 0 Å². The van der Waals surface area contributed by atoms with Crippen LogP contribution in [0.15, 0.2) is 36.0 Å². The number of alkyl halides is 2. The van der Waals surface area contributed by atoms with Gasteiger partial charge in [-0.15, -0.1) is 0 Å². The van der Waals surface area contributed by atoms with Crippen LogP contribution in [0.3, 0.4) is 0 Å². The molecule has 0 radical (unpaired) electrons. The number of carbonyl (C=O) groups is 4. The Kier molecular flexibility index (Phi) is 7.22. The number of amides is 1. The zero-order chi connectivity index (χ0) is 29.1. The van der Waals surface area contributed by atoms with Gasteiger partial charge in [0.2, 0.25) is 0 Å². The minimum Gasteiger partial charge on any atom is -0.379 e. The number of hydrogen-bond acceptors (Lipinski definition) is 8. The van der Waals surface area contributed by atoms with Gasteiger partial charge < -0.3 is 19.7 Å². The van der Waals surface area contributed by atoms with Crippen molar-refractivity contribution in [2.45, 2.75) is 62.3 Å². The second kappa shape index (κ2) is 10.9. The highest BCUT2D eigenvalue weighted by Crippen LogP contribution is 2.50. The zero-order valence-electron chi connectivity index (χ0n) is 23.3. The van der Waals surface area contributed by atoms with Crippen molar-refractivity contribution in [3.05, 3.63) is 47.2 Å². The molecule has 4 fully saturated rings. The molecular weight excluding hydrogens is 548 g/mol. The Balaban J connectivity index is 1.15. The fraction of sp³-hybridized carbons (Fsp3) is 0.613. The Hall–Kier alpha value is -3.02. The van der Waals surface area contributed by atoms with Gasteiger partial charge in [0.05, 0.1) is 37.0 Å². The number of benzene rings is 1. The molecule has 1 N–H and O–H groups in total. The molecule has 0 spiro atoms. The molecule has 224 valence electrons. The molecule has 0 aromatic heterocycles. The lowest BCUT2D eigenvalue weighted by Crippen LogP contribution is -2.71. The number of nitrogens with zero attached hydrogens (tertiary/aromatic N) is 2. The van der Waals surface area contributed by atoms with Crippen LogP contribution >= 0.6 is 0 Å². The van der Waals surface area contributed by atoms with Crippen molar-refractivity contribution in [1.29, 1.82) is 0 Å². The van der Waals surface area contributed by atoms with E-state index in [1.807, 2.05) is 0 Å². The Bertz CT molecular complexity index is 1330. The molecule has 2 saturated heterocycles. The van der Waals surface area contributed by atoms with Crippen LogP contribution in [0.1, 0.15) is 46.4 Å². The summed E-state index contributed by atoms with van der Waals surface area (Å²) in [6.07, 6.45) is -3.41. The van der Waals surface area contributed by atoms with Gasteiger partial charge in [-0.3, -0.25) is 24.1 Å². The maximum atomic E-state index is 15.3. The van der Waals surface area contributed by atoms with Crippen molar-refractivity contribution < 1.29 is 37.4 Å². The number of halogens is 2. The first-order chi connectivity index (χ1) is 20.3. The van der Waals surface area contributed by atoms with Gasteiger partial charge in [0, 0.05) is 54.7 Å². The predicted molar refractivity (Wildman–Crippen MR) is 145 cm³/mol. The summed E-state index contributed by atoms with van der Waals surface area (Å²) in [7, 11) is 0. The first kappa shape index (κ1) is 27.8. The molecule has 3 heterocycles. The standard InChI is InChI=1S/C31H35F2N3O6/c32-22-12-20-26-30(25(22)33)42-24-14-19-18(27(37)16-4-1-2-5-17(16)28(19)38)13-23(24)36(26)15-21(29(20)39)31(40)34-6-3-7-35-8-10-41-11-9-35/h1-2,4-5,15,18-20,22-26,30H,3,6-14H2,(H,34,40). The largest absolute Gasteiger partial charge is 0.379 e. The highest BCUT2D eigenvalue weighted by Gasteiger charge is 2.61. The van der Waals surface area contributed by atoms with Crippen molar-refractivity contribution in [2.75, 3.05) is 39.4 Å². The minimum absolute atomic E-state index is 0.0787. The van der Waals surface area contributed by atoms with E-state index in [0.717, 1.165) is 19.6 Å². The summed E-state index contributed by atoms with van der Waals surface area (Å²) < 4.78 is 41.9. The number of ether oxygens (including phenoxy) is 2. The molecular formula is C31H35F2N3O6. The van der Waals surface area contributed by atoms with Gasteiger partial charge in [-0.25, -0.2) is 8.78 Å². The topological polar surface area (TPSA) is 105 Å². The predicted octanol–water partition coefficient (Wildman–Crippen LogP) is 1.90. The molecule has 7 rings (SSSR count). The molecule has 1 aromatic carbocycles. The Labute approximate surface area is 242 Å². The first-order valence-corrected chi connectivity index (χ1v) is 15.1. The van der Waals surface area contributed by atoms with Crippen molar-refractivity contribution >= 4 is 23.3 Å². The lowest BCUT2D eigenvalue weighted by molar-refractivity contribution is -0.214. The molecule has 9 unspecified atom stereocenters. The van der Waals surface area contributed by atoms with E-state index in [1.165, 1.54) is 6.20 Å². The molecule has 6 aliphatic rings. The van der Waals surface area contributed by atoms with E-state index in [4.69, 9.17) is 9.47 Å². The highest BCUT2D eigenvalue weighted by molar-refractivity contribution is 6.20. The number of fused-ring (bicyclic) bond motifs is 4. The Morgan fingerprint density at radius 3 is 2.33 bits per heavy atom. The smallest absolute Gasteiger partial charge is 0.256 e. The molecule has 2 saturated carbocycles. The SMILES string of the molecule is O=C(NCCCN1CCOCC1)C1=CN2C3CC4C(=O)c5ccccc5C(=O)C4CC3OC3C(F)C(F)CC(C1=O)C32.